The number of likely N-dealkylation sites (tertiary alicyclic amines) is 2. The Balaban J connectivity index is 0.000000301. The van der Waals surface area contributed by atoms with Gasteiger partial charge in [-0.1, -0.05) is 6.07 Å². The van der Waals surface area contributed by atoms with Crippen LogP contribution < -0.4 is 0 Å². The Morgan fingerprint density at radius 1 is 1.00 bits per heavy atom. The lowest BCUT2D eigenvalue weighted by atomic mass is 9.88. The molecule has 1 saturated carbocycles. The molecule has 0 unspecified atom stereocenters. The molecule has 0 spiro atoms. The van der Waals surface area contributed by atoms with E-state index in [-0.39, 0.29) is 12.0 Å². The number of hydrogen-bond acceptors (Lipinski definition) is 6. The van der Waals surface area contributed by atoms with E-state index in [0.29, 0.717) is 18.4 Å². The molecule has 3 aliphatic rings. The van der Waals surface area contributed by atoms with Gasteiger partial charge in [-0.2, -0.15) is 26.3 Å². The highest BCUT2D eigenvalue weighted by Crippen LogP contribution is 2.36. The van der Waals surface area contributed by atoms with Crippen LogP contribution in [0.4, 0.5) is 26.3 Å². The summed E-state index contributed by atoms with van der Waals surface area (Å²) < 4.78 is 69.2. The number of methoxy groups -OCH3 is 1. The van der Waals surface area contributed by atoms with Crippen molar-refractivity contribution in [1.82, 2.24) is 14.8 Å². The van der Waals surface area contributed by atoms with Gasteiger partial charge >= 0.3 is 24.3 Å². The van der Waals surface area contributed by atoms with E-state index >= 15 is 0 Å². The number of piperidine rings is 1. The summed E-state index contributed by atoms with van der Waals surface area (Å²) in [4.78, 5) is 39.6. The number of rotatable bonds is 5. The highest BCUT2D eigenvalue weighted by molar-refractivity contribution is 5.79. The van der Waals surface area contributed by atoms with Gasteiger partial charge in [0.2, 0.25) is 5.91 Å². The highest BCUT2D eigenvalue weighted by Gasteiger charge is 2.46. The van der Waals surface area contributed by atoms with Gasteiger partial charge < -0.3 is 24.7 Å². The Labute approximate surface area is 214 Å². The van der Waals surface area contributed by atoms with Crippen molar-refractivity contribution in [2.24, 2.45) is 11.8 Å². The summed E-state index contributed by atoms with van der Waals surface area (Å²) in [5.74, 6) is -3.95. The van der Waals surface area contributed by atoms with Gasteiger partial charge in [0.05, 0.1) is 18.6 Å². The van der Waals surface area contributed by atoms with Crippen LogP contribution in [0, 0.1) is 11.8 Å². The Morgan fingerprint density at radius 3 is 2.03 bits per heavy atom. The maximum atomic E-state index is 12.9. The molecule has 214 valence electrons. The zero-order valence-corrected chi connectivity index (χ0v) is 20.4. The number of halogens is 6. The molecule has 9 nitrogen and oxygen atoms in total. The van der Waals surface area contributed by atoms with Crippen LogP contribution in [0.5, 0.6) is 0 Å². The van der Waals surface area contributed by atoms with E-state index < -0.39 is 24.3 Å². The van der Waals surface area contributed by atoms with Gasteiger partial charge in [-0.05, 0) is 37.3 Å². The third-order valence-corrected chi connectivity index (χ3v) is 6.32. The Kier molecular flexibility index (Phi) is 10.9. The number of alkyl halides is 6. The van der Waals surface area contributed by atoms with Crippen molar-refractivity contribution in [1.29, 1.82) is 0 Å². The first kappa shape index (κ1) is 31.3. The Morgan fingerprint density at radius 2 is 1.58 bits per heavy atom. The fourth-order valence-corrected chi connectivity index (χ4v) is 4.41. The first-order chi connectivity index (χ1) is 17.6. The third kappa shape index (κ3) is 9.74. The highest BCUT2D eigenvalue weighted by atomic mass is 19.4. The molecular formula is C23H29F6N3O6. The van der Waals surface area contributed by atoms with Crippen molar-refractivity contribution in [3.8, 4) is 0 Å². The molecule has 3 atom stereocenters. The van der Waals surface area contributed by atoms with Gasteiger partial charge in [-0.15, -0.1) is 0 Å². The number of ether oxygens (including phenoxy) is 1. The van der Waals surface area contributed by atoms with Crippen molar-refractivity contribution in [2.75, 3.05) is 33.3 Å². The molecule has 0 aromatic carbocycles. The second kappa shape index (κ2) is 13.2. The Bertz CT molecular complexity index is 918. The first-order valence-corrected chi connectivity index (χ1v) is 11.7. The van der Waals surface area contributed by atoms with E-state index in [0.717, 1.165) is 37.7 Å². The number of aliphatic carboxylic acids is 2. The molecule has 0 bridgehead atoms. The number of carboxylic acids is 2. The van der Waals surface area contributed by atoms with Crippen molar-refractivity contribution in [3.05, 3.63) is 30.1 Å². The summed E-state index contributed by atoms with van der Waals surface area (Å²) in [6.45, 7) is 4.09. The number of nitrogens with zero attached hydrogens (tertiary/aromatic N) is 3. The van der Waals surface area contributed by atoms with Crippen LogP contribution >= 0.6 is 0 Å². The van der Waals surface area contributed by atoms with Gasteiger partial charge in [0.1, 0.15) is 0 Å². The molecular weight excluding hydrogens is 528 g/mol. The predicted molar refractivity (Wildman–Crippen MR) is 119 cm³/mol. The number of pyridine rings is 1. The molecule has 1 amide bonds. The summed E-state index contributed by atoms with van der Waals surface area (Å²) in [6.07, 6.45) is -4.01. The van der Waals surface area contributed by atoms with E-state index in [1.54, 1.807) is 6.20 Å². The van der Waals surface area contributed by atoms with E-state index in [4.69, 9.17) is 24.5 Å². The number of carboxylic acid groups (broad SMARTS) is 2. The monoisotopic (exact) mass is 557 g/mol. The minimum absolute atomic E-state index is 0.214. The van der Waals surface area contributed by atoms with Gasteiger partial charge in [-0.25, -0.2) is 9.59 Å². The molecule has 4 rings (SSSR count). The number of hydrogen-bond donors (Lipinski definition) is 2. The van der Waals surface area contributed by atoms with Crippen LogP contribution in [0.3, 0.4) is 0 Å². The number of aromatic nitrogens is 1. The number of carbonyl (C=O) groups is 3. The van der Waals surface area contributed by atoms with Gasteiger partial charge in [0.25, 0.3) is 0 Å². The molecule has 2 aliphatic heterocycles. The summed E-state index contributed by atoms with van der Waals surface area (Å²) in [5, 5.41) is 14.2. The lowest BCUT2D eigenvalue weighted by molar-refractivity contribution is -0.193. The van der Waals surface area contributed by atoms with Crippen molar-refractivity contribution < 1.29 is 55.7 Å². The maximum Gasteiger partial charge on any atom is 0.490 e. The van der Waals surface area contributed by atoms with Crippen molar-refractivity contribution >= 4 is 17.8 Å². The first-order valence-electron chi connectivity index (χ1n) is 11.7. The van der Waals surface area contributed by atoms with Gasteiger partial charge in [0.15, 0.2) is 0 Å². The van der Waals surface area contributed by atoms with Crippen molar-refractivity contribution in [3.63, 3.8) is 0 Å². The zero-order valence-electron chi connectivity index (χ0n) is 20.4. The van der Waals surface area contributed by atoms with Crippen LogP contribution in [0.2, 0.25) is 0 Å². The lowest BCUT2D eigenvalue weighted by Gasteiger charge is -2.41. The summed E-state index contributed by atoms with van der Waals surface area (Å²) >= 11 is 0. The van der Waals surface area contributed by atoms with E-state index in [1.807, 2.05) is 25.3 Å². The topological polar surface area (TPSA) is 120 Å². The predicted octanol–water partition coefficient (Wildman–Crippen LogP) is 2.85. The average Bonchev–Trinajstić information content (AvgIpc) is 3.54. The van der Waals surface area contributed by atoms with Crippen LogP contribution in [0.25, 0.3) is 0 Å². The summed E-state index contributed by atoms with van der Waals surface area (Å²) in [6, 6.07) is 6.08. The minimum Gasteiger partial charge on any atom is -0.475 e. The second-order valence-electron chi connectivity index (χ2n) is 9.15. The number of carbonyl (C=O) groups excluding carboxylic acids is 1. The largest absolute Gasteiger partial charge is 0.490 e. The number of fused-ring (bicyclic) bond motifs is 1. The molecule has 3 heterocycles. The smallest absolute Gasteiger partial charge is 0.475 e. The fourth-order valence-electron chi connectivity index (χ4n) is 4.41. The van der Waals surface area contributed by atoms with Crippen LogP contribution in [0.15, 0.2) is 24.4 Å². The van der Waals surface area contributed by atoms with Crippen molar-refractivity contribution in [2.45, 2.75) is 50.2 Å². The van der Waals surface area contributed by atoms with E-state index in [2.05, 4.69) is 14.8 Å². The van der Waals surface area contributed by atoms with Crippen LogP contribution in [-0.2, 0) is 25.5 Å². The molecule has 0 radical (unpaired) electrons. The minimum atomic E-state index is -5.08. The average molecular weight is 557 g/mol. The van der Waals surface area contributed by atoms with Gasteiger partial charge in [-0.3, -0.25) is 9.78 Å². The molecule has 1 aliphatic carbocycles. The molecule has 2 saturated heterocycles. The quantitative estimate of drug-likeness (QED) is 0.531. The van der Waals surface area contributed by atoms with Crippen LogP contribution in [-0.4, -0.2) is 101 Å². The van der Waals surface area contributed by atoms with Gasteiger partial charge in [0, 0.05) is 51.1 Å². The molecule has 1 aromatic heterocycles. The molecule has 15 heteroatoms. The Hall–Kier alpha value is -2.94. The van der Waals surface area contributed by atoms with E-state index in [1.165, 1.54) is 19.4 Å². The molecule has 1 aromatic rings. The maximum absolute atomic E-state index is 12.9. The second-order valence-corrected chi connectivity index (χ2v) is 9.15. The lowest BCUT2D eigenvalue weighted by Crippen LogP contribution is -2.54. The fraction of sp³-hybridized carbons (Fsp3) is 0.652. The standard InChI is InChI=1S/C19H27N3O2.2C2HF3O2/c1-24-18-7-9-22(19(23)10-15-4-2-3-8-20-15)17-13-21(12-16(17)18)11-14-5-6-14;2*3-2(4,5)1(6)7/h2-4,8,14,16-18H,5-7,9-13H2,1H3;2*(H,6,7)/t16-,17+,18-;;/m0../s1. The number of amides is 1. The summed E-state index contributed by atoms with van der Waals surface area (Å²) in [7, 11) is 1.82. The summed E-state index contributed by atoms with van der Waals surface area (Å²) in [5.41, 5.74) is 0.862. The SMILES string of the molecule is CO[C@H]1CCN(C(=O)Cc2ccccn2)[C@@H]2CN(CC3CC3)C[C@H]12.O=C(O)C(F)(F)F.O=C(O)C(F)(F)F. The van der Waals surface area contributed by atoms with Crippen LogP contribution in [0.1, 0.15) is 25.0 Å². The third-order valence-electron chi connectivity index (χ3n) is 6.32. The van der Waals surface area contributed by atoms with E-state index in [9.17, 15) is 31.1 Å². The molecule has 3 fully saturated rings. The normalized spacial score (nSPS) is 23.3. The molecule has 38 heavy (non-hydrogen) atoms. The molecule has 2 N–H and O–H groups in total. The zero-order chi connectivity index (χ0) is 28.7.